The third kappa shape index (κ3) is 12.4. The second-order valence-corrected chi connectivity index (χ2v) is 10.0. The van der Waals surface area contributed by atoms with Crippen molar-refractivity contribution >= 4 is 17.5 Å². The Bertz CT molecular complexity index is 1300. The molecule has 3 aromatic rings. The van der Waals surface area contributed by atoms with Crippen molar-refractivity contribution < 1.29 is 36.3 Å². The molecule has 2 aliphatic carbocycles. The maximum absolute atomic E-state index is 12.3. The number of rotatable bonds is 8. The van der Waals surface area contributed by atoms with E-state index in [0.29, 0.717) is 41.2 Å². The van der Waals surface area contributed by atoms with E-state index in [4.69, 9.17) is 4.74 Å². The SMILES string of the molecule is C1CC1.COc1cc(C(=O)NCc2cn3ncc(CNC(=O)CCC(F)(F)F)cc3n2)ccn1.FC1(F)CCCCC1. The molecule has 2 N–H and O–H groups in total. The van der Waals surface area contributed by atoms with Crippen molar-refractivity contribution in [1.29, 1.82) is 0 Å². The Labute approximate surface area is 240 Å². The second kappa shape index (κ2) is 15.4. The normalized spacial score (nSPS) is 15.4. The fraction of sp³-hybridized carbons (Fsp3) is 0.536. The van der Waals surface area contributed by atoms with Crippen LogP contribution in [0.25, 0.3) is 5.65 Å². The third-order valence-corrected chi connectivity index (χ3v) is 6.13. The summed E-state index contributed by atoms with van der Waals surface area (Å²) in [5, 5.41) is 9.31. The van der Waals surface area contributed by atoms with Crippen LogP contribution >= 0.6 is 0 Å². The Balaban J connectivity index is 0.000000364. The van der Waals surface area contributed by atoms with Crippen LogP contribution in [0.3, 0.4) is 0 Å². The topological polar surface area (TPSA) is 111 Å². The number of aromatic nitrogens is 4. The average Bonchev–Trinajstić information content (AvgIpc) is 3.79. The van der Waals surface area contributed by atoms with Crippen LogP contribution < -0.4 is 15.4 Å². The molecule has 0 unspecified atom stereocenters. The molecule has 230 valence electrons. The highest BCUT2D eigenvalue weighted by Crippen LogP contribution is 2.32. The lowest BCUT2D eigenvalue weighted by Gasteiger charge is -2.20. The second-order valence-electron chi connectivity index (χ2n) is 10.0. The van der Waals surface area contributed by atoms with Gasteiger partial charge in [-0.15, -0.1) is 0 Å². The van der Waals surface area contributed by atoms with Gasteiger partial charge in [-0.3, -0.25) is 9.59 Å². The first-order chi connectivity index (χ1) is 19.9. The molecule has 0 saturated heterocycles. The van der Waals surface area contributed by atoms with Gasteiger partial charge in [0, 0.05) is 43.6 Å². The van der Waals surface area contributed by atoms with Crippen LogP contribution in [0.2, 0.25) is 0 Å². The van der Waals surface area contributed by atoms with E-state index in [0.717, 1.165) is 6.42 Å². The third-order valence-electron chi connectivity index (χ3n) is 6.13. The first-order valence-corrected chi connectivity index (χ1v) is 13.8. The van der Waals surface area contributed by atoms with Gasteiger partial charge in [-0.05, 0) is 30.5 Å². The number of carbonyl (C=O) groups excluding carboxylic acids is 2. The summed E-state index contributed by atoms with van der Waals surface area (Å²) in [6, 6.07) is 4.71. The number of carbonyl (C=O) groups is 2. The van der Waals surface area contributed by atoms with Crippen LogP contribution in [0.15, 0.2) is 36.8 Å². The molecular weight excluding hydrogens is 563 g/mol. The molecule has 9 nitrogen and oxygen atoms in total. The maximum atomic E-state index is 12.3. The van der Waals surface area contributed by atoms with Crippen LogP contribution in [-0.2, 0) is 17.9 Å². The minimum Gasteiger partial charge on any atom is -0.481 e. The molecule has 0 radical (unpaired) electrons. The van der Waals surface area contributed by atoms with Gasteiger partial charge < -0.3 is 15.4 Å². The minimum absolute atomic E-state index is 0.0307. The highest BCUT2D eigenvalue weighted by atomic mass is 19.4. The summed E-state index contributed by atoms with van der Waals surface area (Å²) in [6.45, 7) is 0.180. The van der Waals surface area contributed by atoms with E-state index in [1.807, 2.05) is 0 Å². The highest BCUT2D eigenvalue weighted by molar-refractivity contribution is 5.94. The Morgan fingerprint density at radius 2 is 1.71 bits per heavy atom. The molecule has 3 aromatic heterocycles. The Morgan fingerprint density at radius 3 is 2.31 bits per heavy atom. The van der Waals surface area contributed by atoms with Crippen LogP contribution in [0.4, 0.5) is 22.0 Å². The number of halogens is 5. The van der Waals surface area contributed by atoms with Gasteiger partial charge in [0.05, 0.1) is 38.2 Å². The largest absolute Gasteiger partial charge is 0.481 e. The number of amides is 2. The van der Waals surface area contributed by atoms with Gasteiger partial charge in [-0.1, -0.05) is 25.7 Å². The highest BCUT2D eigenvalue weighted by Gasteiger charge is 2.30. The van der Waals surface area contributed by atoms with Gasteiger partial charge in [-0.25, -0.2) is 23.3 Å². The number of alkyl halides is 5. The lowest BCUT2D eigenvalue weighted by molar-refractivity contribution is -0.144. The smallest absolute Gasteiger partial charge is 0.389 e. The van der Waals surface area contributed by atoms with Gasteiger partial charge >= 0.3 is 6.18 Å². The van der Waals surface area contributed by atoms with E-state index in [1.165, 1.54) is 49.3 Å². The number of fused-ring (bicyclic) bond motifs is 1. The predicted octanol–water partition coefficient (Wildman–Crippen LogP) is 5.78. The molecule has 0 aliphatic heterocycles. The Kier molecular flexibility index (Phi) is 12.0. The summed E-state index contributed by atoms with van der Waals surface area (Å²) < 4.78 is 67.4. The van der Waals surface area contributed by atoms with Crippen molar-refractivity contribution in [3.63, 3.8) is 0 Å². The molecule has 0 bridgehead atoms. The molecule has 2 fully saturated rings. The Morgan fingerprint density at radius 1 is 1.02 bits per heavy atom. The van der Waals surface area contributed by atoms with Crippen LogP contribution in [0.5, 0.6) is 5.88 Å². The molecule has 3 heterocycles. The fourth-order valence-electron chi connectivity index (χ4n) is 3.70. The van der Waals surface area contributed by atoms with E-state index in [9.17, 15) is 31.5 Å². The van der Waals surface area contributed by atoms with E-state index < -0.39 is 30.8 Å². The van der Waals surface area contributed by atoms with Crippen molar-refractivity contribution in [2.45, 2.75) is 89.4 Å². The van der Waals surface area contributed by atoms with Crippen molar-refractivity contribution in [3.05, 3.63) is 53.6 Å². The number of nitrogens with zero attached hydrogens (tertiary/aromatic N) is 4. The molecule has 0 aromatic carbocycles. The first kappa shape index (κ1) is 32.7. The van der Waals surface area contributed by atoms with Gasteiger partial charge in [0.25, 0.3) is 5.91 Å². The summed E-state index contributed by atoms with van der Waals surface area (Å²) in [5.74, 6) is -3.02. The lowest BCUT2D eigenvalue weighted by atomic mass is 9.97. The number of methoxy groups -OCH3 is 1. The monoisotopic (exact) mass is 598 g/mol. The van der Waals surface area contributed by atoms with Gasteiger partial charge in [-0.2, -0.15) is 18.3 Å². The maximum Gasteiger partial charge on any atom is 0.389 e. The van der Waals surface area contributed by atoms with Crippen molar-refractivity contribution in [3.8, 4) is 5.88 Å². The molecule has 14 heteroatoms. The molecule has 0 atom stereocenters. The summed E-state index contributed by atoms with van der Waals surface area (Å²) in [7, 11) is 1.45. The minimum atomic E-state index is -4.37. The standard InChI is InChI=1S/C19H19F3N6O3.C6H10F2.C3H6/c1-31-17-7-13(3-5-23-17)18(30)25-10-14-11-28-15(27-14)6-12(9-26-28)8-24-16(29)2-4-19(20,21)22;7-6(8)4-2-1-3-5-6;1-2-3-1/h3,5-7,9,11H,2,4,8,10H2,1H3,(H,24,29)(H,25,30);1-5H2;1-3H2. The molecule has 5 rings (SSSR count). The number of imidazole rings is 1. The molecule has 42 heavy (non-hydrogen) atoms. The van der Waals surface area contributed by atoms with Crippen LogP contribution in [0.1, 0.15) is 85.8 Å². The number of hydrogen-bond acceptors (Lipinski definition) is 6. The van der Waals surface area contributed by atoms with E-state index >= 15 is 0 Å². The summed E-state index contributed by atoms with van der Waals surface area (Å²) in [5.41, 5.74) is 1.99. The number of hydrogen-bond donors (Lipinski definition) is 2. The zero-order valence-electron chi connectivity index (χ0n) is 23.4. The zero-order chi connectivity index (χ0) is 30.6. The van der Waals surface area contributed by atoms with E-state index in [1.54, 1.807) is 18.3 Å². The molecule has 2 saturated carbocycles. The summed E-state index contributed by atoms with van der Waals surface area (Å²) in [6.07, 6.45) is 5.57. The van der Waals surface area contributed by atoms with Crippen LogP contribution in [-0.4, -0.2) is 50.6 Å². The quantitative estimate of drug-likeness (QED) is 0.318. The van der Waals surface area contributed by atoms with Gasteiger partial charge in [0.2, 0.25) is 17.7 Å². The van der Waals surface area contributed by atoms with Crippen molar-refractivity contribution in [1.82, 2.24) is 30.2 Å². The summed E-state index contributed by atoms with van der Waals surface area (Å²) >= 11 is 0. The van der Waals surface area contributed by atoms with Gasteiger partial charge in [0.1, 0.15) is 0 Å². The van der Waals surface area contributed by atoms with Gasteiger partial charge in [0.15, 0.2) is 5.65 Å². The average molecular weight is 599 g/mol. The molecule has 2 aliphatic rings. The van der Waals surface area contributed by atoms with E-state index in [-0.39, 0.29) is 31.8 Å². The van der Waals surface area contributed by atoms with Crippen LogP contribution in [0, 0.1) is 0 Å². The number of pyridine rings is 1. The number of nitrogens with one attached hydrogen (secondary N) is 2. The predicted molar refractivity (Wildman–Crippen MR) is 144 cm³/mol. The molecule has 2 amide bonds. The first-order valence-electron chi connectivity index (χ1n) is 13.8. The van der Waals surface area contributed by atoms with Crippen molar-refractivity contribution in [2.75, 3.05) is 7.11 Å². The molecular formula is C28H35F5N6O3. The fourth-order valence-corrected chi connectivity index (χ4v) is 3.70. The van der Waals surface area contributed by atoms with Crippen molar-refractivity contribution in [2.24, 2.45) is 0 Å². The summed E-state index contributed by atoms with van der Waals surface area (Å²) in [4.78, 5) is 32.1. The lowest BCUT2D eigenvalue weighted by Crippen LogP contribution is -2.24. The molecule has 0 spiro atoms. The Hall–Kier alpha value is -3.84. The van der Waals surface area contributed by atoms with E-state index in [2.05, 4.69) is 25.7 Å². The number of ether oxygens (including phenoxy) is 1. The zero-order valence-corrected chi connectivity index (χ0v) is 23.4.